The number of fused-ring (bicyclic) bond motifs is 1. The minimum Gasteiger partial charge on any atom is -0.351 e. The van der Waals surface area contributed by atoms with Crippen molar-refractivity contribution in [1.29, 1.82) is 0 Å². The highest BCUT2D eigenvalue weighted by atomic mass is 32.2. The summed E-state index contributed by atoms with van der Waals surface area (Å²) in [7, 11) is -3.69. The summed E-state index contributed by atoms with van der Waals surface area (Å²) in [4.78, 5) is 12.2. The van der Waals surface area contributed by atoms with Crippen LogP contribution < -0.4 is 10.0 Å². The lowest BCUT2D eigenvalue weighted by atomic mass is 9.92. The molecule has 1 amide bonds. The van der Waals surface area contributed by atoms with E-state index in [4.69, 9.17) is 0 Å². The van der Waals surface area contributed by atoms with Gasteiger partial charge in [-0.05, 0) is 61.4 Å². The molecule has 0 aliphatic heterocycles. The van der Waals surface area contributed by atoms with Crippen LogP contribution in [0.15, 0.2) is 47.4 Å². The van der Waals surface area contributed by atoms with E-state index >= 15 is 0 Å². The predicted octanol–water partition coefficient (Wildman–Crippen LogP) is 2.47. The Morgan fingerprint density at radius 3 is 2.42 bits per heavy atom. The second-order valence-electron chi connectivity index (χ2n) is 6.72. The molecule has 0 saturated carbocycles. The molecule has 0 bridgehead atoms. The van der Waals surface area contributed by atoms with Crippen LogP contribution in [0.5, 0.6) is 0 Å². The largest absolute Gasteiger partial charge is 0.351 e. The van der Waals surface area contributed by atoms with Crippen LogP contribution in [-0.4, -0.2) is 20.9 Å². The van der Waals surface area contributed by atoms with Gasteiger partial charge in [-0.15, -0.1) is 0 Å². The monoisotopic (exact) mass is 372 g/mol. The van der Waals surface area contributed by atoms with Gasteiger partial charge in [0.1, 0.15) is 0 Å². The van der Waals surface area contributed by atoms with Gasteiger partial charge in [0, 0.05) is 6.54 Å². The summed E-state index contributed by atoms with van der Waals surface area (Å²) in [6.45, 7) is 2.10. The minimum atomic E-state index is -3.69. The zero-order chi connectivity index (χ0) is 18.6. The van der Waals surface area contributed by atoms with Crippen molar-refractivity contribution in [3.8, 4) is 0 Å². The van der Waals surface area contributed by atoms with Crippen molar-refractivity contribution in [3.63, 3.8) is 0 Å². The summed E-state index contributed by atoms with van der Waals surface area (Å²) >= 11 is 0. The fraction of sp³-hybridized carbons (Fsp3) is 0.350. The molecule has 0 spiro atoms. The lowest BCUT2D eigenvalue weighted by Gasteiger charge is -2.16. The van der Waals surface area contributed by atoms with Crippen LogP contribution in [0.2, 0.25) is 0 Å². The highest BCUT2D eigenvalue weighted by molar-refractivity contribution is 7.89. The van der Waals surface area contributed by atoms with Crippen LogP contribution in [0, 0.1) is 6.92 Å². The van der Waals surface area contributed by atoms with E-state index < -0.39 is 10.0 Å². The number of benzene rings is 2. The number of rotatable bonds is 6. The zero-order valence-corrected chi connectivity index (χ0v) is 15.7. The SMILES string of the molecule is Cc1ccc(CNC(=O)CNS(=O)(=O)c2ccc3c(c2)CCCC3)cc1. The van der Waals surface area contributed by atoms with E-state index in [-0.39, 0.29) is 17.3 Å². The fourth-order valence-corrected chi connectivity index (χ4v) is 4.12. The molecule has 0 saturated heterocycles. The average Bonchev–Trinajstić information content (AvgIpc) is 2.65. The first-order chi connectivity index (χ1) is 12.4. The molecular formula is C20H24N2O3S. The molecule has 0 heterocycles. The maximum Gasteiger partial charge on any atom is 0.241 e. The summed E-state index contributed by atoms with van der Waals surface area (Å²) in [5.41, 5.74) is 4.45. The topological polar surface area (TPSA) is 75.3 Å². The predicted molar refractivity (Wildman–Crippen MR) is 101 cm³/mol. The third kappa shape index (κ3) is 4.71. The molecule has 6 heteroatoms. The van der Waals surface area contributed by atoms with Crippen molar-refractivity contribution in [2.24, 2.45) is 0 Å². The first-order valence-electron chi connectivity index (χ1n) is 8.88. The van der Waals surface area contributed by atoms with E-state index in [1.807, 2.05) is 37.3 Å². The van der Waals surface area contributed by atoms with Crippen LogP contribution in [0.3, 0.4) is 0 Å². The van der Waals surface area contributed by atoms with Crippen LogP contribution in [0.1, 0.15) is 35.1 Å². The molecule has 3 rings (SSSR count). The summed E-state index contributed by atoms with van der Waals surface area (Å²) in [5.74, 6) is -0.355. The van der Waals surface area contributed by atoms with Crippen LogP contribution >= 0.6 is 0 Å². The lowest BCUT2D eigenvalue weighted by molar-refractivity contribution is -0.120. The standard InChI is InChI=1S/C20H24N2O3S/c1-15-6-8-16(9-7-15)13-21-20(23)14-22-26(24,25)19-11-10-17-4-2-3-5-18(17)12-19/h6-12,22H,2-5,13-14H2,1H3,(H,21,23). The third-order valence-electron chi connectivity index (χ3n) is 4.66. The Balaban J connectivity index is 1.56. The molecule has 0 aromatic heterocycles. The van der Waals surface area contributed by atoms with Gasteiger partial charge in [0.25, 0.3) is 0 Å². The van der Waals surface area contributed by atoms with E-state index in [1.54, 1.807) is 12.1 Å². The van der Waals surface area contributed by atoms with Crippen molar-refractivity contribution in [1.82, 2.24) is 10.0 Å². The summed E-state index contributed by atoms with van der Waals surface area (Å²) in [5, 5.41) is 2.73. The van der Waals surface area contributed by atoms with Crippen molar-refractivity contribution < 1.29 is 13.2 Å². The molecule has 5 nitrogen and oxygen atoms in total. The number of sulfonamides is 1. The average molecular weight is 372 g/mol. The third-order valence-corrected chi connectivity index (χ3v) is 6.06. The summed E-state index contributed by atoms with van der Waals surface area (Å²) in [6, 6.07) is 13.1. The van der Waals surface area contributed by atoms with Gasteiger partial charge < -0.3 is 5.32 Å². The Morgan fingerprint density at radius 2 is 1.69 bits per heavy atom. The Morgan fingerprint density at radius 1 is 1.00 bits per heavy atom. The maximum atomic E-state index is 12.4. The quantitative estimate of drug-likeness (QED) is 0.818. The van der Waals surface area contributed by atoms with E-state index in [0.29, 0.717) is 6.54 Å². The smallest absolute Gasteiger partial charge is 0.241 e. The van der Waals surface area contributed by atoms with E-state index in [9.17, 15) is 13.2 Å². The van der Waals surface area contributed by atoms with Gasteiger partial charge in [0.05, 0.1) is 11.4 Å². The number of aryl methyl sites for hydroxylation is 3. The van der Waals surface area contributed by atoms with Crippen molar-refractivity contribution in [3.05, 3.63) is 64.7 Å². The van der Waals surface area contributed by atoms with Gasteiger partial charge in [-0.1, -0.05) is 35.9 Å². The number of carbonyl (C=O) groups is 1. The second kappa shape index (κ2) is 8.01. The first kappa shape index (κ1) is 18.6. The van der Waals surface area contributed by atoms with Crippen LogP contribution in [0.25, 0.3) is 0 Å². The van der Waals surface area contributed by atoms with E-state index in [0.717, 1.165) is 42.4 Å². The molecular weight excluding hydrogens is 348 g/mol. The van der Waals surface area contributed by atoms with Crippen LogP contribution in [-0.2, 0) is 34.2 Å². The van der Waals surface area contributed by atoms with Gasteiger partial charge in [-0.2, -0.15) is 0 Å². The Hall–Kier alpha value is -2.18. The second-order valence-corrected chi connectivity index (χ2v) is 8.49. The van der Waals surface area contributed by atoms with Gasteiger partial charge in [0.15, 0.2) is 0 Å². The Kier molecular flexibility index (Phi) is 5.74. The highest BCUT2D eigenvalue weighted by Crippen LogP contribution is 2.23. The summed E-state index contributed by atoms with van der Waals surface area (Å²) < 4.78 is 27.3. The van der Waals surface area contributed by atoms with Gasteiger partial charge in [-0.25, -0.2) is 13.1 Å². The molecule has 2 N–H and O–H groups in total. The van der Waals surface area contributed by atoms with Crippen molar-refractivity contribution in [2.75, 3.05) is 6.54 Å². The van der Waals surface area contributed by atoms with Gasteiger partial charge in [0.2, 0.25) is 15.9 Å². The zero-order valence-electron chi connectivity index (χ0n) is 14.9. The molecule has 26 heavy (non-hydrogen) atoms. The molecule has 0 atom stereocenters. The number of hydrogen-bond donors (Lipinski definition) is 2. The normalized spacial score (nSPS) is 13.9. The molecule has 0 fully saturated rings. The fourth-order valence-electron chi connectivity index (χ4n) is 3.09. The van der Waals surface area contributed by atoms with Crippen molar-refractivity contribution >= 4 is 15.9 Å². The molecule has 1 aliphatic rings. The molecule has 2 aromatic rings. The van der Waals surface area contributed by atoms with Crippen LogP contribution in [0.4, 0.5) is 0 Å². The lowest BCUT2D eigenvalue weighted by Crippen LogP contribution is -2.36. The summed E-state index contributed by atoms with van der Waals surface area (Å²) in [6.07, 6.45) is 4.16. The number of nitrogens with one attached hydrogen (secondary N) is 2. The highest BCUT2D eigenvalue weighted by Gasteiger charge is 2.18. The van der Waals surface area contributed by atoms with Crippen molar-refractivity contribution in [2.45, 2.75) is 44.0 Å². The first-order valence-corrected chi connectivity index (χ1v) is 10.4. The molecule has 2 aromatic carbocycles. The molecule has 138 valence electrons. The number of amides is 1. The van der Waals surface area contributed by atoms with E-state index in [2.05, 4.69) is 10.0 Å². The van der Waals surface area contributed by atoms with Gasteiger partial charge in [-0.3, -0.25) is 4.79 Å². The van der Waals surface area contributed by atoms with Gasteiger partial charge >= 0.3 is 0 Å². The number of carbonyl (C=O) groups excluding carboxylic acids is 1. The molecule has 0 unspecified atom stereocenters. The Labute approximate surface area is 154 Å². The maximum absolute atomic E-state index is 12.4. The molecule has 1 aliphatic carbocycles. The van der Waals surface area contributed by atoms with E-state index in [1.165, 1.54) is 5.56 Å². The number of hydrogen-bond acceptors (Lipinski definition) is 3. The minimum absolute atomic E-state index is 0.226. The Bertz CT molecular complexity index is 890. The molecule has 0 radical (unpaired) electrons.